The van der Waals surface area contributed by atoms with Gasteiger partial charge in [-0.05, 0) is 38.5 Å². The van der Waals surface area contributed by atoms with Crippen LogP contribution in [0.25, 0.3) is 0 Å². The van der Waals surface area contributed by atoms with E-state index < -0.39 is 5.97 Å². The standard InChI is InChI=1S/C19H24N4O4S/c1-4-26-19(25)16-18(28-22-21-16)20-17(24)15-7-5-14(6-8-15)11-23-9-12(2)27-13(3)10-23/h5-8,12-13H,4,9-11H2,1-3H3,(H,20,24). The molecule has 1 fully saturated rings. The fourth-order valence-corrected chi connectivity index (χ4v) is 3.77. The number of hydrogen-bond acceptors (Lipinski definition) is 8. The third kappa shape index (κ3) is 5.12. The van der Waals surface area contributed by atoms with Gasteiger partial charge in [0.15, 0.2) is 5.00 Å². The molecule has 1 aliphatic heterocycles. The lowest BCUT2D eigenvalue weighted by Gasteiger charge is -2.35. The summed E-state index contributed by atoms with van der Waals surface area (Å²) in [5.74, 6) is -0.923. The molecule has 0 bridgehead atoms. The van der Waals surface area contributed by atoms with Crippen molar-refractivity contribution in [3.8, 4) is 0 Å². The molecule has 150 valence electrons. The molecule has 0 aliphatic carbocycles. The van der Waals surface area contributed by atoms with E-state index in [1.54, 1.807) is 19.1 Å². The number of rotatable bonds is 6. The van der Waals surface area contributed by atoms with Crippen molar-refractivity contribution >= 4 is 28.4 Å². The fraction of sp³-hybridized carbons (Fsp3) is 0.474. The summed E-state index contributed by atoms with van der Waals surface area (Å²) in [6.07, 6.45) is 0.436. The number of morpholine rings is 1. The van der Waals surface area contributed by atoms with Gasteiger partial charge in [0.25, 0.3) is 5.91 Å². The van der Waals surface area contributed by atoms with E-state index in [4.69, 9.17) is 9.47 Å². The van der Waals surface area contributed by atoms with Crippen molar-refractivity contribution in [1.29, 1.82) is 0 Å². The summed E-state index contributed by atoms with van der Waals surface area (Å²) < 4.78 is 14.4. The first-order valence-corrected chi connectivity index (χ1v) is 10.0. The first kappa shape index (κ1) is 20.4. The van der Waals surface area contributed by atoms with E-state index in [9.17, 15) is 9.59 Å². The van der Waals surface area contributed by atoms with Crippen LogP contribution in [0.5, 0.6) is 0 Å². The van der Waals surface area contributed by atoms with Gasteiger partial charge in [0.1, 0.15) is 0 Å². The highest BCUT2D eigenvalue weighted by atomic mass is 32.1. The molecule has 0 saturated carbocycles. The predicted molar refractivity (Wildman–Crippen MR) is 106 cm³/mol. The minimum absolute atomic E-state index is 0.0207. The van der Waals surface area contributed by atoms with Crippen molar-refractivity contribution in [1.82, 2.24) is 14.5 Å². The summed E-state index contributed by atoms with van der Waals surface area (Å²) in [6, 6.07) is 7.43. The highest BCUT2D eigenvalue weighted by Gasteiger charge is 2.22. The Morgan fingerprint density at radius 2 is 1.93 bits per heavy atom. The number of hydrogen-bond donors (Lipinski definition) is 1. The van der Waals surface area contributed by atoms with Gasteiger partial charge in [0.2, 0.25) is 5.69 Å². The van der Waals surface area contributed by atoms with Crippen LogP contribution >= 0.6 is 11.5 Å². The van der Waals surface area contributed by atoms with Gasteiger partial charge in [-0.3, -0.25) is 9.69 Å². The van der Waals surface area contributed by atoms with Crippen molar-refractivity contribution in [3.05, 3.63) is 41.1 Å². The van der Waals surface area contributed by atoms with E-state index in [1.807, 2.05) is 12.1 Å². The van der Waals surface area contributed by atoms with Crippen LogP contribution in [0.4, 0.5) is 5.00 Å². The van der Waals surface area contributed by atoms with E-state index in [-0.39, 0.29) is 35.4 Å². The first-order chi connectivity index (χ1) is 13.5. The van der Waals surface area contributed by atoms with Crippen LogP contribution in [0.15, 0.2) is 24.3 Å². The fourth-order valence-electron chi connectivity index (χ4n) is 3.21. The number of aromatic nitrogens is 2. The Morgan fingerprint density at radius 1 is 1.25 bits per heavy atom. The average molecular weight is 404 g/mol. The lowest BCUT2D eigenvalue weighted by Crippen LogP contribution is -2.44. The number of nitrogens with one attached hydrogen (secondary N) is 1. The molecular weight excluding hydrogens is 380 g/mol. The Balaban J connectivity index is 1.61. The van der Waals surface area contributed by atoms with Crippen molar-refractivity contribution in [2.24, 2.45) is 0 Å². The topological polar surface area (TPSA) is 93.7 Å². The number of anilines is 1. The zero-order valence-corrected chi connectivity index (χ0v) is 17.0. The Morgan fingerprint density at radius 3 is 2.57 bits per heavy atom. The van der Waals surface area contributed by atoms with Crippen molar-refractivity contribution < 1.29 is 19.1 Å². The van der Waals surface area contributed by atoms with E-state index in [0.717, 1.165) is 36.7 Å². The first-order valence-electron chi connectivity index (χ1n) is 9.23. The molecule has 2 unspecified atom stereocenters. The van der Waals surface area contributed by atoms with E-state index in [1.165, 1.54) is 0 Å². The number of carbonyl (C=O) groups excluding carboxylic acids is 2. The Hall–Kier alpha value is -2.36. The maximum atomic E-state index is 12.5. The van der Waals surface area contributed by atoms with Crippen LogP contribution in [0.3, 0.4) is 0 Å². The molecular formula is C19H24N4O4S. The molecule has 1 N–H and O–H groups in total. The van der Waals surface area contributed by atoms with Crippen LogP contribution in [-0.2, 0) is 16.0 Å². The molecule has 1 aromatic heterocycles. The maximum Gasteiger partial charge on any atom is 0.362 e. The average Bonchev–Trinajstić information content (AvgIpc) is 3.10. The molecule has 0 radical (unpaired) electrons. The van der Waals surface area contributed by atoms with Crippen molar-refractivity contribution in [3.63, 3.8) is 0 Å². The summed E-state index contributed by atoms with van der Waals surface area (Å²) in [5.41, 5.74) is 1.65. The lowest BCUT2D eigenvalue weighted by molar-refractivity contribution is -0.0704. The molecule has 2 atom stereocenters. The smallest absolute Gasteiger partial charge is 0.362 e. The quantitative estimate of drug-likeness (QED) is 0.740. The largest absolute Gasteiger partial charge is 0.461 e. The van der Waals surface area contributed by atoms with Gasteiger partial charge in [-0.15, -0.1) is 5.10 Å². The summed E-state index contributed by atoms with van der Waals surface area (Å²) in [5, 5.41) is 6.70. The Labute approximate surface area is 168 Å². The van der Waals surface area contributed by atoms with Gasteiger partial charge in [0, 0.05) is 36.7 Å². The molecule has 3 rings (SSSR count). The van der Waals surface area contributed by atoms with Crippen LogP contribution in [0.1, 0.15) is 47.2 Å². The molecule has 28 heavy (non-hydrogen) atoms. The molecule has 9 heteroatoms. The lowest BCUT2D eigenvalue weighted by atomic mass is 10.1. The van der Waals surface area contributed by atoms with Gasteiger partial charge < -0.3 is 14.8 Å². The second-order valence-corrected chi connectivity index (χ2v) is 7.53. The van der Waals surface area contributed by atoms with E-state index in [0.29, 0.717) is 5.56 Å². The Kier molecular flexibility index (Phi) is 6.71. The molecule has 2 heterocycles. The zero-order valence-electron chi connectivity index (χ0n) is 16.2. The molecule has 2 aromatic rings. The summed E-state index contributed by atoms with van der Waals surface area (Å²) in [6.45, 7) is 8.68. The summed E-state index contributed by atoms with van der Waals surface area (Å²) >= 11 is 0.941. The van der Waals surface area contributed by atoms with E-state index in [2.05, 4.69) is 33.7 Å². The third-order valence-corrected chi connectivity index (χ3v) is 4.94. The van der Waals surface area contributed by atoms with Gasteiger partial charge in [-0.2, -0.15) is 0 Å². The van der Waals surface area contributed by atoms with E-state index >= 15 is 0 Å². The van der Waals surface area contributed by atoms with Gasteiger partial charge >= 0.3 is 5.97 Å². The van der Waals surface area contributed by atoms with Crippen LogP contribution in [-0.4, -0.2) is 58.3 Å². The number of esters is 1. The minimum Gasteiger partial charge on any atom is -0.461 e. The highest BCUT2D eigenvalue weighted by Crippen LogP contribution is 2.20. The third-order valence-electron chi connectivity index (χ3n) is 4.30. The summed E-state index contributed by atoms with van der Waals surface area (Å²) in [4.78, 5) is 26.7. The van der Waals surface area contributed by atoms with Crippen molar-refractivity contribution in [2.75, 3.05) is 25.0 Å². The monoisotopic (exact) mass is 404 g/mol. The SMILES string of the molecule is CCOC(=O)c1nnsc1NC(=O)c1ccc(CN2CC(C)OC(C)C2)cc1. The van der Waals surface area contributed by atoms with Crippen LogP contribution in [0, 0.1) is 0 Å². The number of carbonyl (C=O) groups is 2. The maximum absolute atomic E-state index is 12.5. The predicted octanol–water partition coefficient (Wildman–Crippen LogP) is 2.58. The second kappa shape index (κ2) is 9.22. The van der Waals surface area contributed by atoms with Crippen LogP contribution in [0.2, 0.25) is 0 Å². The number of amides is 1. The number of ether oxygens (including phenoxy) is 2. The van der Waals surface area contributed by atoms with Gasteiger partial charge in [-0.25, -0.2) is 4.79 Å². The number of benzene rings is 1. The molecule has 1 aromatic carbocycles. The van der Waals surface area contributed by atoms with Gasteiger partial charge in [0.05, 0.1) is 18.8 Å². The molecule has 8 nitrogen and oxygen atoms in total. The summed E-state index contributed by atoms with van der Waals surface area (Å²) in [7, 11) is 0. The number of nitrogens with zero attached hydrogens (tertiary/aromatic N) is 3. The Bertz CT molecular complexity index is 814. The highest BCUT2D eigenvalue weighted by molar-refractivity contribution is 7.10. The molecule has 0 spiro atoms. The second-order valence-electron chi connectivity index (χ2n) is 6.77. The molecule has 1 aliphatic rings. The molecule has 1 saturated heterocycles. The molecule has 1 amide bonds. The van der Waals surface area contributed by atoms with Crippen LogP contribution < -0.4 is 5.32 Å². The minimum atomic E-state index is -0.601. The zero-order chi connectivity index (χ0) is 20.1. The van der Waals surface area contributed by atoms with Gasteiger partial charge in [-0.1, -0.05) is 16.6 Å². The normalized spacial score (nSPS) is 20.0. The van der Waals surface area contributed by atoms with Crippen molar-refractivity contribution in [2.45, 2.75) is 39.5 Å².